The number of amides is 5. The molecule has 1 aliphatic heterocycles. The standard InChI is InChI=1S/C33H49N7O6/c1-21(2)17-26-33(45)37-27(18-24-10-12-25(46-6)13-11-24)32(44)35-23(5)31(43)38-28(22(3)4)19-39(20-29(41)36-26)30(42)9-7-15-40-16-8-14-34-40/h8,10-14,16,21-23,26-28H,7,9,15,17-20H2,1-6H3,(H,35,44)(H,36,41)(H,37,45)(H,38,43)/t23-,26+,27+,28-/m1/s1. The summed E-state index contributed by atoms with van der Waals surface area (Å²) in [6, 6.07) is 5.52. The zero-order chi connectivity index (χ0) is 33.8. The normalized spacial score (nSPS) is 22.0. The summed E-state index contributed by atoms with van der Waals surface area (Å²) in [4.78, 5) is 68.8. The van der Waals surface area contributed by atoms with Gasteiger partial charge in [-0.25, -0.2) is 0 Å². The van der Waals surface area contributed by atoms with Gasteiger partial charge in [-0.15, -0.1) is 0 Å². The third-order valence-corrected chi connectivity index (χ3v) is 7.92. The lowest BCUT2D eigenvalue weighted by molar-refractivity contribution is -0.138. The van der Waals surface area contributed by atoms with Crippen LogP contribution >= 0.6 is 0 Å². The van der Waals surface area contributed by atoms with Gasteiger partial charge in [-0.05, 0) is 55.4 Å². The second-order valence-electron chi connectivity index (χ2n) is 12.6. The Hall–Kier alpha value is -4.42. The number of hydrogen-bond donors (Lipinski definition) is 4. The summed E-state index contributed by atoms with van der Waals surface area (Å²) in [6.07, 6.45) is 4.62. The van der Waals surface area contributed by atoms with E-state index in [1.54, 1.807) is 55.2 Å². The predicted octanol–water partition coefficient (Wildman–Crippen LogP) is 1.42. The maximum Gasteiger partial charge on any atom is 0.243 e. The third kappa shape index (κ3) is 11.2. The topological polar surface area (TPSA) is 164 Å². The third-order valence-electron chi connectivity index (χ3n) is 7.92. The fraction of sp³-hybridized carbons (Fsp3) is 0.576. The van der Waals surface area contributed by atoms with E-state index in [4.69, 9.17) is 4.74 Å². The van der Waals surface area contributed by atoms with Gasteiger partial charge in [0.25, 0.3) is 0 Å². The number of carbonyl (C=O) groups excluding carboxylic acids is 5. The minimum atomic E-state index is -1.03. The van der Waals surface area contributed by atoms with Crippen molar-refractivity contribution in [3.63, 3.8) is 0 Å². The maximum absolute atomic E-state index is 13.6. The van der Waals surface area contributed by atoms with Gasteiger partial charge in [0.2, 0.25) is 29.5 Å². The number of rotatable bonds is 10. The van der Waals surface area contributed by atoms with E-state index in [0.29, 0.717) is 25.1 Å². The summed E-state index contributed by atoms with van der Waals surface area (Å²) in [5, 5.41) is 15.5. The number of methoxy groups -OCH3 is 1. The molecule has 2 aromatic rings. The highest BCUT2D eigenvalue weighted by atomic mass is 16.5. The molecule has 4 N–H and O–H groups in total. The molecule has 252 valence electrons. The van der Waals surface area contributed by atoms with Crippen molar-refractivity contribution in [2.45, 2.75) is 91.0 Å². The number of aromatic nitrogens is 2. The van der Waals surface area contributed by atoms with Crippen molar-refractivity contribution in [2.24, 2.45) is 11.8 Å². The Morgan fingerprint density at radius 2 is 1.65 bits per heavy atom. The molecular weight excluding hydrogens is 590 g/mol. The average molecular weight is 640 g/mol. The molecule has 1 saturated heterocycles. The summed E-state index contributed by atoms with van der Waals surface area (Å²) in [7, 11) is 1.56. The van der Waals surface area contributed by atoms with Crippen LogP contribution in [0.5, 0.6) is 5.75 Å². The van der Waals surface area contributed by atoms with Crippen molar-refractivity contribution in [2.75, 3.05) is 20.2 Å². The molecule has 1 aliphatic rings. The Morgan fingerprint density at radius 1 is 0.957 bits per heavy atom. The first-order chi connectivity index (χ1) is 21.9. The van der Waals surface area contributed by atoms with Gasteiger partial charge in [0.05, 0.1) is 13.7 Å². The molecule has 5 amide bonds. The second-order valence-corrected chi connectivity index (χ2v) is 12.6. The number of benzene rings is 1. The van der Waals surface area contributed by atoms with E-state index in [1.165, 1.54) is 4.90 Å². The summed E-state index contributed by atoms with van der Waals surface area (Å²) in [5.41, 5.74) is 0.766. The average Bonchev–Trinajstić information content (AvgIpc) is 3.52. The van der Waals surface area contributed by atoms with Crippen molar-refractivity contribution in [3.8, 4) is 5.75 Å². The van der Waals surface area contributed by atoms with Gasteiger partial charge >= 0.3 is 0 Å². The highest BCUT2D eigenvalue weighted by molar-refractivity contribution is 5.95. The first kappa shape index (κ1) is 36.1. The van der Waals surface area contributed by atoms with Gasteiger partial charge < -0.3 is 30.9 Å². The largest absolute Gasteiger partial charge is 0.497 e. The van der Waals surface area contributed by atoms with Crippen molar-refractivity contribution in [1.82, 2.24) is 35.9 Å². The smallest absolute Gasteiger partial charge is 0.243 e. The van der Waals surface area contributed by atoms with Crippen LogP contribution in [0, 0.1) is 11.8 Å². The lowest BCUT2D eigenvalue weighted by Gasteiger charge is -2.31. The van der Waals surface area contributed by atoms with E-state index in [0.717, 1.165) is 5.56 Å². The molecule has 2 heterocycles. The number of aryl methyl sites for hydroxylation is 1. The second kappa shape index (κ2) is 17.3. The molecule has 1 aromatic heterocycles. The molecule has 13 nitrogen and oxygen atoms in total. The van der Waals surface area contributed by atoms with Gasteiger partial charge in [0.15, 0.2) is 0 Å². The van der Waals surface area contributed by atoms with Crippen molar-refractivity contribution in [3.05, 3.63) is 48.3 Å². The van der Waals surface area contributed by atoms with Crippen LogP contribution in [-0.4, -0.2) is 88.6 Å². The molecule has 1 aromatic carbocycles. The van der Waals surface area contributed by atoms with Crippen LogP contribution in [0.3, 0.4) is 0 Å². The quantitative estimate of drug-likeness (QED) is 0.305. The minimum Gasteiger partial charge on any atom is -0.497 e. The van der Waals surface area contributed by atoms with Gasteiger partial charge in [-0.3, -0.25) is 28.7 Å². The van der Waals surface area contributed by atoms with Gasteiger partial charge in [-0.1, -0.05) is 39.8 Å². The van der Waals surface area contributed by atoms with Crippen molar-refractivity contribution < 1.29 is 28.7 Å². The Balaban J connectivity index is 1.89. The lowest BCUT2D eigenvalue weighted by atomic mass is 10.0. The predicted molar refractivity (Wildman–Crippen MR) is 172 cm³/mol. The fourth-order valence-electron chi connectivity index (χ4n) is 5.18. The summed E-state index contributed by atoms with van der Waals surface area (Å²) >= 11 is 0. The molecule has 0 bridgehead atoms. The van der Waals surface area contributed by atoms with Crippen LogP contribution in [0.2, 0.25) is 0 Å². The molecule has 0 unspecified atom stereocenters. The Labute approximate surface area is 271 Å². The first-order valence-corrected chi connectivity index (χ1v) is 15.9. The monoisotopic (exact) mass is 639 g/mol. The molecule has 0 aliphatic carbocycles. The van der Waals surface area contributed by atoms with Gasteiger partial charge in [0.1, 0.15) is 23.9 Å². The first-order valence-electron chi connectivity index (χ1n) is 15.9. The highest BCUT2D eigenvalue weighted by Crippen LogP contribution is 2.15. The number of ether oxygens (including phenoxy) is 1. The molecule has 4 atom stereocenters. The summed E-state index contributed by atoms with van der Waals surface area (Å²) in [5.74, 6) is -1.67. The number of nitrogens with one attached hydrogen (secondary N) is 4. The molecule has 1 fully saturated rings. The molecule has 46 heavy (non-hydrogen) atoms. The Morgan fingerprint density at radius 3 is 2.26 bits per heavy atom. The van der Waals surface area contributed by atoms with Crippen LogP contribution in [0.4, 0.5) is 0 Å². The zero-order valence-electron chi connectivity index (χ0n) is 27.7. The zero-order valence-corrected chi connectivity index (χ0v) is 27.7. The molecule has 0 spiro atoms. The maximum atomic E-state index is 13.6. The number of carbonyl (C=O) groups is 5. The Kier molecular flexibility index (Phi) is 13.6. The molecule has 0 radical (unpaired) electrons. The lowest BCUT2D eigenvalue weighted by Crippen LogP contribution is -2.57. The van der Waals surface area contributed by atoms with E-state index in [1.807, 2.05) is 33.9 Å². The van der Waals surface area contributed by atoms with E-state index >= 15 is 0 Å². The van der Waals surface area contributed by atoms with Gasteiger partial charge in [-0.2, -0.15) is 5.10 Å². The van der Waals surface area contributed by atoms with E-state index in [9.17, 15) is 24.0 Å². The number of nitrogens with zero attached hydrogens (tertiary/aromatic N) is 3. The number of hydrogen-bond acceptors (Lipinski definition) is 7. The van der Waals surface area contributed by atoms with E-state index in [2.05, 4.69) is 26.4 Å². The highest BCUT2D eigenvalue weighted by Gasteiger charge is 2.32. The SMILES string of the molecule is COc1ccc(C[C@@H]2NC(=O)[C@H](CC(C)C)NC(=O)CN(C(=O)CCCn3cccn3)C[C@H](C(C)C)NC(=O)[C@@H](C)NC2=O)cc1. The fourth-order valence-corrected chi connectivity index (χ4v) is 5.18. The minimum absolute atomic E-state index is 0.0409. The summed E-state index contributed by atoms with van der Waals surface area (Å²) in [6.45, 7) is 9.58. The molecule has 13 heteroatoms. The van der Waals surface area contributed by atoms with E-state index in [-0.39, 0.29) is 43.7 Å². The molecular formula is C33H49N7O6. The molecule has 3 rings (SSSR count). The van der Waals surface area contributed by atoms with Gasteiger partial charge in [0, 0.05) is 44.4 Å². The van der Waals surface area contributed by atoms with Crippen LogP contribution in [0.1, 0.15) is 59.4 Å². The van der Waals surface area contributed by atoms with Crippen LogP contribution in [0.25, 0.3) is 0 Å². The van der Waals surface area contributed by atoms with E-state index < -0.39 is 47.8 Å². The van der Waals surface area contributed by atoms with Crippen molar-refractivity contribution in [1.29, 1.82) is 0 Å². The molecule has 0 saturated carbocycles. The van der Waals surface area contributed by atoms with Crippen LogP contribution in [-0.2, 0) is 36.9 Å². The van der Waals surface area contributed by atoms with Crippen LogP contribution in [0.15, 0.2) is 42.7 Å². The van der Waals surface area contributed by atoms with Crippen molar-refractivity contribution >= 4 is 29.5 Å². The van der Waals surface area contributed by atoms with Crippen LogP contribution < -0.4 is 26.0 Å². The Bertz CT molecular complexity index is 1310. The summed E-state index contributed by atoms with van der Waals surface area (Å²) < 4.78 is 6.96.